The molecule has 1 aromatic rings. The first kappa shape index (κ1) is 23.4. The minimum absolute atomic E-state index is 0.206. The number of carbonyl (C=O) groups is 1. The lowest BCUT2D eigenvalue weighted by Gasteiger charge is -2.34. The molecule has 32 heavy (non-hydrogen) atoms. The zero-order valence-electron chi connectivity index (χ0n) is 19.8. The fourth-order valence-electron chi connectivity index (χ4n) is 5.24. The van der Waals surface area contributed by atoms with Crippen molar-refractivity contribution in [3.05, 3.63) is 40.4 Å². The molecule has 2 aliphatic heterocycles. The number of hydrogen-bond donors (Lipinski definition) is 1. The largest absolute Gasteiger partial charge is 0.444 e. The number of amides is 1. The highest BCUT2D eigenvalue weighted by Gasteiger charge is 2.38. The number of benzene rings is 1. The fraction of sp³-hybridized carbons (Fsp3) is 0.654. The number of nitrogens with one attached hydrogen (secondary N) is 1. The lowest BCUT2D eigenvalue weighted by molar-refractivity contribution is 0.0254. The second-order valence-corrected chi connectivity index (χ2v) is 10.9. The average molecular weight is 460 g/mol. The number of hydrazine groups is 1. The van der Waals surface area contributed by atoms with Crippen LogP contribution in [0.1, 0.15) is 84.1 Å². The number of hydrogen-bond acceptors (Lipinski definition) is 4. The van der Waals surface area contributed by atoms with Crippen LogP contribution in [0.5, 0.6) is 0 Å². The number of fused-ring (bicyclic) bond motifs is 1. The molecule has 3 aliphatic rings. The van der Waals surface area contributed by atoms with Gasteiger partial charge in [-0.1, -0.05) is 55.8 Å². The van der Waals surface area contributed by atoms with Crippen molar-refractivity contribution in [3.63, 3.8) is 0 Å². The summed E-state index contributed by atoms with van der Waals surface area (Å²) >= 11 is 6.21. The summed E-state index contributed by atoms with van der Waals surface area (Å²) in [7, 11) is 0. The minimum atomic E-state index is -0.472. The second kappa shape index (κ2) is 10.0. The molecule has 5 nitrogen and oxygen atoms in total. The molecular weight excluding hydrogens is 422 g/mol. The topological polar surface area (TPSA) is 44.8 Å². The maximum absolute atomic E-state index is 12.7. The fourth-order valence-corrected chi connectivity index (χ4v) is 5.36. The van der Waals surface area contributed by atoms with Gasteiger partial charge in [0.05, 0.1) is 11.7 Å². The first-order valence-corrected chi connectivity index (χ1v) is 12.7. The van der Waals surface area contributed by atoms with Gasteiger partial charge in [0, 0.05) is 24.2 Å². The Morgan fingerprint density at radius 3 is 2.31 bits per heavy atom. The van der Waals surface area contributed by atoms with E-state index >= 15 is 0 Å². The normalized spacial score (nSPS) is 23.4. The van der Waals surface area contributed by atoms with Crippen LogP contribution in [0.4, 0.5) is 4.79 Å². The quantitative estimate of drug-likeness (QED) is 0.557. The van der Waals surface area contributed by atoms with Gasteiger partial charge in [-0.3, -0.25) is 0 Å². The summed E-state index contributed by atoms with van der Waals surface area (Å²) in [5.41, 5.74) is 7.34. The predicted octanol–water partition coefficient (Wildman–Crippen LogP) is 6.38. The van der Waals surface area contributed by atoms with Crippen molar-refractivity contribution in [3.8, 4) is 0 Å². The number of nitrogens with zero attached hydrogens (tertiary/aromatic N) is 2. The molecule has 1 amide bonds. The van der Waals surface area contributed by atoms with Crippen LogP contribution >= 0.6 is 11.6 Å². The van der Waals surface area contributed by atoms with Crippen molar-refractivity contribution < 1.29 is 9.53 Å². The molecule has 0 spiro atoms. The molecule has 2 heterocycles. The maximum atomic E-state index is 12.7. The smallest absolute Gasteiger partial charge is 0.410 e. The van der Waals surface area contributed by atoms with Crippen molar-refractivity contribution in [2.75, 3.05) is 13.1 Å². The van der Waals surface area contributed by atoms with Gasteiger partial charge < -0.3 is 14.6 Å². The van der Waals surface area contributed by atoms with Gasteiger partial charge in [0.25, 0.3) is 0 Å². The minimum Gasteiger partial charge on any atom is -0.444 e. The summed E-state index contributed by atoms with van der Waals surface area (Å²) in [6.45, 7) is 7.17. The van der Waals surface area contributed by atoms with Gasteiger partial charge in [0.15, 0.2) is 0 Å². The Kier molecular flexibility index (Phi) is 7.36. The van der Waals surface area contributed by atoms with E-state index in [2.05, 4.69) is 22.6 Å². The van der Waals surface area contributed by atoms with Gasteiger partial charge in [0.1, 0.15) is 5.60 Å². The number of ether oxygens (including phenoxy) is 1. The van der Waals surface area contributed by atoms with Gasteiger partial charge in [-0.05, 0) is 69.7 Å². The zero-order chi connectivity index (χ0) is 22.7. The summed E-state index contributed by atoms with van der Waals surface area (Å²) in [5, 5.41) is 3.24. The van der Waals surface area contributed by atoms with E-state index in [-0.39, 0.29) is 12.1 Å². The molecule has 0 radical (unpaired) electrons. The highest BCUT2D eigenvalue weighted by atomic mass is 35.5. The molecule has 0 aromatic heterocycles. The average Bonchev–Trinajstić information content (AvgIpc) is 2.92. The third-order valence-electron chi connectivity index (χ3n) is 6.81. The highest BCUT2D eigenvalue weighted by molar-refractivity contribution is 6.30. The Morgan fingerprint density at radius 1 is 1.00 bits per heavy atom. The van der Waals surface area contributed by atoms with Crippen LogP contribution in [-0.4, -0.2) is 46.8 Å². The van der Waals surface area contributed by atoms with E-state index in [1.807, 2.05) is 37.8 Å². The van der Waals surface area contributed by atoms with Crippen LogP contribution in [0.25, 0.3) is 5.70 Å². The first-order valence-electron chi connectivity index (χ1n) is 12.3. The number of rotatable bonds is 2. The Hall–Kier alpha value is -1.72. The number of carbonyl (C=O) groups excluding carboxylic acids is 1. The third kappa shape index (κ3) is 5.60. The Bertz CT molecular complexity index is 822. The molecule has 1 unspecified atom stereocenters. The molecule has 6 heteroatoms. The molecule has 1 aromatic carbocycles. The summed E-state index contributed by atoms with van der Waals surface area (Å²) < 4.78 is 5.65. The molecule has 1 N–H and O–H groups in total. The van der Waals surface area contributed by atoms with E-state index in [4.69, 9.17) is 16.3 Å². The first-order chi connectivity index (χ1) is 15.3. The van der Waals surface area contributed by atoms with E-state index < -0.39 is 5.60 Å². The molecule has 2 fully saturated rings. The summed E-state index contributed by atoms with van der Waals surface area (Å²) in [5.74, 6) is 0. The molecule has 1 saturated carbocycles. The van der Waals surface area contributed by atoms with E-state index in [0.29, 0.717) is 19.1 Å². The highest BCUT2D eigenvalue weighted by Crippen LogP contribution is 2.38. The second-order valence-electron chi connectivity index (χ2n) is 10.4. The molecule has 0 bridgehead atoms. The van der Waals surface area contributed by atoms with Crippen molar-refractivity contribution in [1.29, 1.82) is 0 Å². The van der Waals surface area contributed by atoms with Gasteiger partial charge in [0.2, 0.25) is 0 Å². The van der Waals surface area contributed by atoms with Crippen molar-refractivity contribution in [2.24, 2.45) is 0 Å². The van der Waals surface area contributed by atoms with E-state index in [0.717, 1.165) is 17.9 Å². The van der Waals surface area contributed by atoms with Gasteiger partial charge in [-0.2, -0.15) is 0 Å². The lowest BCUT2D eigenvalue weighted by atomic mass is 9.94. The van der Waals surface area contributed by atoms with Gasteiger partial charge in [-0.15, -0.1) is 0 Å². The van der Waals surface area contributed by atoms with Crippen LogP contribution in [0, 0.1) is 0 Å². The summed E-state index contributed by atoms with van der Waals surface area (Å²) in [6, 6.07) is 9.03. The Labute approximate surface area is 198 Å². The number of halogens is 1. The molecule has 1 aliphatic carbocycles. The van der Waals surface area contributed by atoms with Crippen LogP contribution in [0.3, 0.4) is 0 Å². The molecule has 1 atom stereocenters. The van der Waals surface area contributed by atoms with Crippen LogP contribution in [0.15, 0.2) is 29.8 Å². The van der Waals surface area contributed by atoms with E-state index in [9.17, 15) is 4.79 Å². The van der Waals surface area contributed by atoms with Crippen LogP contribution in [-0.2, 0) is 4.74 Å². The van der Waals surface area contributed by atoms with Crippen molar-refractivity contribution in [1.82, 2.24) is 15.3 Å². The Balaban J connectivity index is 1.61. The predicted molar refractivity (Wildman–Crippen MR) is 130 cm³/mol. The van der Waals surface area contributed by atoms with Gasteiger partial charge >= 0.3 is 6.09 Å². The summed E-state index contributed by atoms with van der Waals surface area (Å²) in [4.78, 5) is 14.6. The number of likely N-dealkylation sites (tertiary alicyclic amines) is 1. The molecule has 176 valence electrons. The molecular formula is C26H38ClN3O2. The molecule has 1 saturated heterocycles. The lowest BCUT2D eigenvalue weighted by Crippen LogP contribution is -2.45. The van der Waals surface area contributed by atoms with Crippen molar-refractivity contribution >= 4 is 23.4 Å². The monoisotopic (exact) mass is 459 g/mol. The molecule has 4 rings (SSSR count). The zero-order valence-corrected chi connectivity index (χ0v) is 20.6. The SMILES string of the molecule is CC(C)(C)OC(=O)N1CCC2=C(c3ccc(Cl)cc3)N(C3CCCCCCC3)NC2CC1. The van der Waals surface area contributed by atoms with Crippen LogP contribution < -0.4 is 5.43 Å². The van der Waals surface area contributed by atoms with E-state index in [1.54, 1.807) is 0 Å². The standard InChI is InChI=1S/C26H38ClN3O2/c1-26(2,3)32-25(31)29-17-15-22-23(16-18-29)28-30(21-9-7-5-4-6-8-10-21)24(22)19-11-13-20(27)14-12-19/h11-14,21,23,28H,4-10,15-18H2,1-3H3. The van der Waals surface area contributed by atoms with E-state index in [1.165, 1.54) is 61.8 Å². The summed E-state index contributed by atoms with van der Waals surface area (Å²) in [6.07, 6.45) is 10.6. The maximum Gasteiger partial charge on any atom is 0.410 e. The Morgan fingerprint density at radius 2 is 1.66 bits per heavy atom. The third-order valence-corrected chi connectivity index (χ3v) is 7.06. The van der Waals surface area contributed by atoms with Crippen LogP contribution in [0.2, 0.25) is 5.02 Å². The van der Waals surface area contributed by atoms with Crippen molar-refractivity contribution in [2.45, 2.75) is 96.2 Å². The van der Waals surface area contributed by atoms with Gasteiger partial charge in [-0.25, -0.2) is 10.2 Å².